The van der Waals surface area contributed by atoms with Gasteiger partial charge >= 0.3 is 6.03 Å². The van der Waals surface area contributed by atoms with E-state index in [9.17, 15) is 9.59 Å². The van der Waals surface area contributed by atoms with Crippen LogP contribution in [0.4, 0.5) is 10.5 Å². The first-order valence-electron chi connectivity index (χ1n) is 7.86. The largest absolute Gasteiger partial charge is 0.340 e. The molecule has 1 atom stereocenters. The molecule has 2 rings (SSSR count). The Balaban J connectivity index is 1.90. The molecule has 2 aromatic carbocycles. The van der Waals surface area contributed by atoms with E-state index in [0.717, 1.165) is 5.56 Å². The van der Waals surface area contributed by atoms with Gasteiger partial charge in [0, 0.05) is 19.3 Å². The summed E-state index contributed by atoms with van der Waals surface area (Å²) in [6, 6.07) is 17.1. The van der Waals surface area contributed by atoms with Gasteiger partial charge in [-0.25, -0.2) is 4.79 Å². The maximum atomic E-state index is 12.4. The number of nitrogens with one attached hydrogen (secondary N) is 2. The summed E-state index contributed by atoms with van der Waals surface area (Å²) in [6.07, 6.45) is 0. The van der Waals surface area contributed by atoms with Crippen molar-refractivity contribution >= 4 is 17.6 Å². The molecule has 0 bridgehead atoms. The van der Waals surface area contributed by atoms with Gasteiger partial charge < -0.3 is 15.5 Å². The monoisotopic (exact) mass is 336 g/mol. The summed E-state index contributed by atoms with van der Waals surface area (Å²) in [6.45, 7) is 2.00. The molecular weight excluding hydrogens is 316 g/mol. The van der Waals surface area contributed by atoms with Crippen LogP contribution < -0.4 is 10.6 Å². The van der Waals surface area contributed by atoms with E-state index < -0.39 is 12.1 Å². The molecule has 0 aliphatic rings. The van der Waals surface area contributed by atoms with Gasteiger partial charge in [0.15, 0.2) is 0 Å². The Labute approximate surface area is 147 Å². The van der Waals surface area contributed by atoms with Crippen LogP contribution in [0.1, 0.15) is 18.1 Å². The molecule has 0 radical (unpaired) electrons. The third-order valence-corrected chi connectivity index (χ3v) is 3.60. The molecule has 3 amide bonds. The third kappa shape index (κ3) is 5.36. The molecule has 6 heteroatoms. The standard InChI is InChI=1S/C19H20N4O2/c1-14(21-19(25)22-17-9-4-3-5-10-17)18(24)23(2)13-16-8-6-7-15(11-16)12-20/h3-11,14H,13H2,1-2H3,(H2,21,22,25)/t14-/m1/s1. The van der Waals surface area contributed by atoms with Crippen molar-refractivity contribution in [2.75, 3.05) is 12.4 Å². The summed E-state index contributed by atoms with van der Waals surface area (Å²) in [7, 11) is 1.66. The van der Waals surface area contributed by atoms with E-state index in [4.69, 9.17) is 5.26 Å². The van der Waals surface area contributed by atoms with E-state index in [2.05, 4.69) is 16.7 Å². The van der Waals surface area contributed by atoms with E-state index in [0.29, 0.717) is 17.8 Å². The Morgan fingerprint density at radius 3 is 2.56 bits per heavy atom. The zero-order chi connectivity index (χ0) is 18.2. The summed E-state index contributed by atoms with van der Waals surface area (Å²) < 4.78 is 0. The zero-order valence-corrected chi connectivity index (χ0v) is 14.2. The quantitative estimate of drug-likeness (QED) is 0.880. The minimum Gasteiger partial charge on any atom is -0.340 e. The van der Waals surface area contributed by atoms with E-state index in [1.807, 2.05) is 24.3 Å². The van der Waals surface area contributed by atoms with Gasteiger partial charge in [0.05, 0.1) is 11.6 Å². The van der Waals surface area contributed by atoms with Crippen molar-refractivity contribution in [3.63, 3.8) is 0 Å². The summed E-state index contributed by atoms with van der Waals surface area (Å²) in [5.74, 6) is -0.217. The van der Waals surface area contributed by atoms with Crippen LogP contribution in [0.3, 0.4) is 0 Å². The molecule has 0 saturated heterocycles. The summed E-state index contributed by atoms with van der Waals surface area (Å²) in [5.41, 5.74) is 2.06. The second-order valence-electron chi connectivity index (χ2n) is 5.69. The summed E-state index contributed by atoms with van der Waals surface area (Å²) in [4.78, 5) is 25.9. The molecule has 0 unspecified atom stereocenters. The number of carbonyl (C=O) groups is 2. The highest BCUT2D eigenvalue weighted by Crippen LogP contribution is 2.08. The van der Waals surface area contributed by atoms with Gasteiger partial charge in [0.2, 0.25) is 5.91 Å². The number of likely N-dealkylation sites (N-methyl/N-ethyl adjacent to an activating group) is 1. The van der Waals surface area contributed by atoms with Crippen molar-refractivity contribution in [3.8, 4) is 6.07 Å². The lowest BCUT2D eigenvalue weighted by Gasteiger charge is -2.22. The molecule has 6 nitrogen and oxygen atoms in total. The molecule has 0 spiro atoms. The SMILES string of the molecule is C[C@@H](NC(=O)Nc1ccccc1)C(=O)N(C)Cc1cccc(C#N)c1. The average molecular weight is 336 g/mol. The molecular formula is C19H20N4O2. The van der Waals surface area contributed by atoms with Crippen molar-refractivity contribution in [1.82, 2.24) is 10.2 Å². The number of amides is 3. The molecule has 0 aromatic heterocycles. The fourth-order valence-corrected chi connectivity index (χ4v) is 2.37. The second kappa shape index (κ2) is 8.50. The number of carbonyl (C=O) groups excluding carboxylic acids is 2. The minimum atomic E-state index is -0.673. The molecule has 0 fully saturated rings. The number of rotatable bonds is 5. The Kier molecular flexibility index (Phi) is 6.13. The fraction of sp³-hybridized carbons (Fsp3) is 0.211. The lowest BCUT2D eigenvalue weighted by Crippen LogP contribution is -2.46. The molecule has 2 aromatic rings. The molecule has 0 heterocycles. The van der Waals surface area contributed by atoms with Crippen molar-refractivity contribution < 1.29 is 9.59 Å². The number of benzene rings is 2. The van der Waals surface area contributed by atoms with Gasteiger partial charge in [-0.3, -0.25) is 4.79 Å². The van der Waals surface area contributed by atoms with Crippen LogP contribution in [0.2, 0.25) is 0 Å². The van der Waals surface area contributed by atoms with Gasteiger partial charge in [-0.05, 0) is 36.8 Å². The summed E-state index contributed by atoms with van der Waals surface area (Å²) >= 11 is 0. The number of nitrogens with zero attached hydrogens (tertiary/aromatic N) is 2. The normalized spacial score (nSPS) is 11.1. The van der Waals surface area contributed by atoms with Crippen LogP contribution in [0.25, 0.3) is 0 Å². The van der Waals surface area contributed by atoms with E-state index in [-0.39, 0.29) is 5.91 Å². The zero-order valence-electron chi connectivity index (χ0n) is 14.2. The highest BCUT2D eigenvalue weighted by molar-refractivity contribution is 5.93. The number of urea groups is 1. The average Bonchev–Trinajstić information content (AvgIpc) is 2.61. The Morgan fingerprint density at radius 1 is 1.16 bits per heavy atom. The van der Waals surface area contributed by atoms with Gasteiger partial charge in [-0.15, -0.1) is 0 Å². The topological polar surface area (TPSA) is 85.2 Å². The molecule has 0 saturated carbocycles. The molecule has 2 N–H and O–H groups in total. The van der Waals surface area contributed by atoms with Crippen molar-refractivity contribution in [2.24, 2.45) is 0 Å². The number of para-hydroxylation sites is 1. The molecule has 128 valence electrons. The van der Waals surface area contributed by atoms with Crippen LogP contribution in [0, 0.1) is 11.3 Å². The maximum absolute atomic E-state index is 12.4. The van der Waals surface area contributed by atoms with Gasteiger partial charge in [0.1, 0.15) is 6.04 Å². The van der Waals surface area contributed by atoms with Crippen molar-refractivity contribution in [3.05, 3.63) is 65.7 Å². The van der Waals surface area contributed by atoms with Gasteiger partial charge in [-0.1, -0.05) is 30.3 Å². The van der Waals surface area contributed by atoms with Crippen LogP contribution in [0.5, 0.6) is 0 Å². The molecule has 25 heavy (non-hydrogen) atoms. The smallest absolute Gasteiger partial charge is 0.319 e. The lowest BCUT2D eigenvalue weighted by atomic mass is 10.1. The van der Waals surface area contributed by atoms with Crippen LogP contribution in [-0.4, -0.2) is 29.9 Å². The third-order valence-electron chi connectivity index (χ3n) is 3.60. The number of hydrogen-bond donors (Lipinski definition) is 2. The number of nitriles is 1. The van der Waals surface area contributed by atoms with Crippen LogP contribution >= 0.6 is 0 Å². The minimum absolute atomic E-state index is 0.217. The number of anilines is 1. The van der Waals surface area contributed by atoms with Gasteiger partial charge in [-0.2, -0.15) is 5.26 Å². The lowest BCUT2D eigenvalue weighted by molar-refractivity contribution is -0.131. The predicted molar refractivity (Wildman–Crippen MR) is 95.7 cm³/mol. The number of hydrogen-bond acceptors (Lipinski definition) is 3. The predicted octanol–water partition coefficient (Wildman–Crippen LogP) is 2.73. The highest BCUT2D eigenvalue weighted by atomic mass is 16.2. The van der Waals surface area contributed by atoms with E-state index in [1.165, 1.54) is 4.90 Å². The molecule has 0 aliphatic heterocycles. The first kappa shape index (κ1) is 18.0. The fourth-order valence-electron chi connectivity index (χ4n) is 2.37. The highest BCUT2D eigenvalue weighted by Gasteiger charge is 2.19. The van der Waals surface area contributed by atoms with Crippen LogP contribution in [-0.2, 0) is 11.3 Å². The first-order valence-corrected chi connectivity index (χ1v) is 7.86. The summed E-state index contributed by atoms with van der Waals surface area (Å²) in [5, 5.41) is 14.2. The van der Waals surface area contributed by atoms with Crippen molar-refractivity contribution in [1.29, 1.82) is 5.26 Å². The maximum Gasteiger partial charge on any atom is 0.319 e. The Hall–Kier alpha value is -3.33. The Bertz CT molecular complexity index is 784. The van der Waals surface area contributed by atoms with Crippen LogP contribution in [0.15, 0.2) is 54.6 Å². The van der Waals surface area contributed by atoms with Gasteiger partial charge in [0.25, 0.3) is 0 Å². The second-order valence-corrected chi connectivity index (χ2v) is 5.69. The first-order chi connectivity index (χ1) is 12.0. The van der Waals surface area contributed by atoms with E-state index in [1.54, 1.807) is 44.3 Å². The van der Waals surface area contributed by atoms with E-state index >= 15 is 0 Å². The molecule has 0 aliphatic carbocycles. The Morgan fingerprint density at radius 2 is 1.88 bits per heavy atom. The van der Waals surface area contributed by atoms with Crippen molar-refractivity contribution in [2.45, 2.75) is 19.5 Å².